The molecule has 0 radical (unpaired) electrons. The van der Waals surface area contributed by atoms with Crippen LogP contribution in [0.3, 0.4) is 0 Å². The number of allylic oxidation sites excluding steroid dienone is 1. The molecule has 0 aromatic heterocycles. The predicted octanol–water partition coefficient (Wildman–Crippen LogP) is 8.43. The number of nitro benzene ring substituents is 1. The first-order chi connectivity index (χ1) is 29.7. The van der Waals surface area contributed by atoms with Crippen LogP contribution >= 0.6 is 0 Å². The number of hydrogen-bond donors (Lipinski definition) is 2. The Balaban J connectivity index is 1.44. The molecule has 0 bridgehead atoms. The van der Waals surface area contributed by atoms with Gasteiger partial charge in [0, 0.05) is 43.7 Å². The Morgan fingerprint density at radius 2 is 1.75 bits per heavy atom. The number of unbranched alkanes of at least 4 members (excludes halogenated alkanes) is 2. The highest BCUT2D eigenvalue weighted by atomic mass is 16.7. The maximum atomic E-state index is 14.4. The molecule has 6 atom stereocenters. The molecular formula is C46H55N3O12. The number of non-ortho nitro benzene ring substituents is 1. The van der Waals surface area contributed by atoms with Crippen molar-refractivity contribution in [3.63, 3.8) is 0 Å². The fourth-order valence-electron chi connectivity index (χ4n) is 9.40. The van der Waals surface area contributed by atoms with Crippen LogP contribution in [0.1, 0.15) is 75.8 Å². The maximum Gasteiger partial charge on any atom is 0.410 e. The number of fused-ring (bicyclic) bond motifs is 3. The van der Waals surface area contributed by atoms with Crippen molar-refractivity contribution >= 4 is 17.5 Å². The molecule has 7 rings (SSSR count). The Kier molecular flexibility index (Phi) is 14.1. The van der Waals surface area contributed by atoms with E-state index in [4.69, 9.17) is 38.4 Å². The average Bonchev–Trinajstić information content (AvgIpc) is 3.74. The summed E-state index contributed by atoms with van der Waals surface area (Å²) < 4.78 is 37.7. The number of carbonyl (C=O) groups is 1. The first kappa shape index (κ1) is 43.4. The number of nitrogens with zero attached hydrogens (tertiary/aromatic N) is 3. The molecule has 2 heterocycles. The van der Waals surface area contributed by atoms with Crippen LogP contribution in [0.5, 0.6) is 28.7 Å². The number of hydrogen-bond acceptors (Lipinski definition) is 13. The summed E-state index contributed by atoms with van der Waals surface area (Å²) in [5.74, 6) is 0.0690. The molecule has 326 valence electrons. The van der Waals surface area contributed by atoms with Crippen molar-refractivity contribution in [1.29, 1.82) is 0 Å². The normalized spacial score (nSPS) is 23.8. The van der Waals surface area contributed by atoms with Gasteiger partial charge in [0.15, 0.2) is 11.5 Å². The first-order valence-corrected chi connectivity index (χ1v) is 21.2. The van der Waals surface area contributed by atoms with E-state index in [0.717, 1.165) is 42.4 Å². The van der Waals surface area contributed by atoms with Gasteiger partial charge in [-0.2, -0.15) is 0 Å². The third-order valence-electron chi connectivity index (χ3n) is 11.9. The van der Waals surface area contributed by atoms with Gasteiger partial charge in [-0.25, -0.2) is 4.79 Å². The molecule has 0 unspecified atom stereocenters. The van der Waals surface area contributed by atoms with Gasteiger partial charge in [0.05, 0.1) is 35.8 Å². The molecule has 61 heavy (non-hydrogen) atoms. The Morgan fingerprint density at radius 1 is 0.984 bits per heavy atom. The predicted molar refractivity (Wildman–Crippen MR) is 225 cm³/mol. The molecule has 0 saturated heterocycles. The highest BCUT2D eigenvalue weighted by Crippen LogP contribution is 2.62. The van der Waals surface area contributed by atoms with E-state index >= 15 is 0 Å². The van der Waals surface area contributed by atoms with E-state index in [2.05, 4.69) is 12.7 Å². The van der Waals surface area contributed by atoms with Crippen LogP contribution in [0.25, 0.3) is 0 Å². The van der Waals surface area contributed by atoms with Crippen LogP contribution in [0.15, 0.2) is 90.1 Å². The minimum absolute atomic E-state index is 0.0177. The van der Waals surface area contributed by atoms with Gasteiger partial charge in [-0.05, 0) is 98.9 Å². The Bertz CT molecular complexity index is 2110. The largest absolute Gasteiger partial charge is 0.459 e. The summed E-state index contributed by atoms with van der Waals surface area (Å²) in [6.07, 6.45) is 7.84. The maximum absolute atomic E-state index is 14.4. The fourth-order valence-corrected chi connectivity index (χ4v) is 9.40. The second kappa shape index (κ2) is 19.8. The van der Waals surface area contributed by atoms with E-state index in [0.29, 0.717) is 53.9 Å². The quantitative estimate of drug-likeness (QED) is 0.0481. The van der Waals surface area contributed by atoms with Crippen molar-refractivity contribution in [2.24, 2.45) is 22.9 Å². The van der Waals surface area contributed by atoms with Gasteiger partial charge in [0.25, 0.3) is 5.69 Å². The summed E-state index contributed by atoms with van der Waals surface area (Å²) in [7, 11) is 0. The number of nitro groups is 1. The van der Waals surface area contributed by atoms with E-state index in [1.807, 2.05) is 37.3 Å². The van der Waals surface area contributed by atoms with Crippen LogP contribution in [0.2, 0.25) is 0 Å². The molecule has 2 aliphatic carbocycles. The van der Waals surface area contributed by atoms with Crippen molar-refractivity contribution in [2.75, 3.05) is 39.8 Å². The summed E-state index contributed by atoms with van der Waals surface area (Å²) in [5, 5.41) is 36.2. The van der Waals surface area contributed by atoms with Gasteiger partial charge in [-0.1, -0.05) is 42.3 Å². The summed E-state index contributed by atoms with van der Waals surface area (Å²) >= 11 is 0. The smallest absolute Gasteiger partial charge is 0.410 e. The molecule has 2 aliphatic heterocycles. The first-order valence-electron chi connectivity index (χ1n) is 21.2. The monoisotopic (exact) mass is 841 g/mol. The number of aliphatic hydroxyl groups is 2. The summed E-state index contributed by atoms with van der Waals surface area (Å²) in [4.78, 5) is 33.1. The zero-order valence-electron chi connectivity index (χ0n) is 34.7. The number of rotatable bonds is 20. The number of carbonyl (C=O) groups excluding carboxylic acids is 1. The summed E-state index contributed by atoms with van der Waals surface area (Å²) in [5.41, 5.74) is 3.05. The topological polar surface area (TPSA) is 181 Å². The molecular weight excluding hydrogens is 787 g/mol. The summed E-state index contributed by atoms with van der Waals surface area (Å²) in [6, 6.07) is 16.3. The molecule has 1 amide bonds. The molecule has 15 nitrogen and oxygen atoms in total. The van der Waals surface area contributed by atoms with E-state index < -0.39 is 28.8 Å². The van der Waals surface area contributed by atoms with Crippen LogP contribution in [-0.4, -0.2) is 83.5 Å². The number of benzene rings is 3. The molecule has 3 aromatic carbocycles. The van der Waals surface area contributed by atoms with Crippen molar-refractivity contribution in [3.8, 4) is 28.7 Å². The minimum atomic E-state index is -1.51. The molecule has 2 N–H and O–H groups in total. The summed E-state index contributed by atoms with van der Waals surface area (Å²) in [6.45, 7) is 8.48. The lowest BCUT2D eigenvalue weighted by Crippen LogP contribution is -2.70. The Morgan fingerprint density at radius 3 is 2.51 bits per heavy atom. The number of oxime groups is 1. The standard InChI is InChI=1S/C46H55N3O12/c1-4-22-58-46-42(48(45(52)55-5-2)28-30-16-18-40-41(23-30)57-29-56-40)27-38(47-59-6-3)36-24-31(12-7-9-20-50)35(15-8-10-21-51)43(44(36)46)37-26-34(17-19-39(37)61-46)60-33-14-11-13-32(25-33)49(53)54/h4,11,13-14,16-19,23-26,31,35,42-44,50-51H,1,5-10,12,15,20-22,27-29H2,2-3H3/t31-,35+,42-,43+,44+,46+/m0/s1. The van der Waals surface area contributed by atoms with Crippen LogP contribution in [0, 0.1) is 27.9 Å². The van der Waals surface area contributed by atoms with Crippen LogP contribution in [-0.2, 0) is 20.9 Å². The third kappa shape index (κ3) is 9.19. The Hall–Kier alpha value is -5.64. The second-order valence-corrected chi connectivity index (χ2v) is 15.6. The van der Waals surface area contributed by atoms with E-state index in [1.54, 1.807) is 36.1 Å². The third-order valence-corrected chi connectivity index (χ3v) is 11.9. The van der Waals surface area contributed by atoms with Gasteiger partial charge in [0.1, 0.15) is 29.9 Å². The Labute approximate surface area is 355 Å². The van der Waals surface area contributed by atoms with E-state index in [1.165, 1.54) is 12.1 Å². The minimum Gasteiger partial charge on any atom is -0.459 e. The molecule has 0 spiro atoms. The van der Waals surface area contributed by atoms with E-state index in [-0.39, 0.29) is 69.6 Å². The lowest BCUT2D eigenvalue weighted by atomic mass is 9.55. The number of ether oxygens (including phenoxy) is 6. The van der Waals surface area contributed by atoms with Gasteiger partial charge in [-0.3, -0.25) is 15.0 Å². The zero-order chi connectivity index (χ0) is 42.9. The van der Waals surface area contributed by atoms with E-state index in [9.17, 15) is 25.1 Å². The fraction of sp³-hybridized carbons (Fsp3) is 0.478. The highest BCUT2D eigenvalue weighted by Gasteiger charge is 2.65. The number of aliphatic hydroxyl groups excluding tert-OH is 2. The second-order valence-electron chi connectivity index (χ2n) is 15.6. The molecule has 1 fully saturated rings. The molecule has 15 heteroatoms. The van der Waals surface area contributed by atoms with Crippen molar-refractivity contribution < 1.29 is 53.2 Å². The average molecular weight is 842 g/mol. The van der Waals surface area contributed by atoms with Gasteiger partial charge < -0.3 is 43.5 Å². The lowest BCUT2D eigenvalue weighted by Gasteiger charge is -2.59. The zero-order valence-corrected chi connectivity index (χ0v) is 34.7. The van der Waals surface area contributed by atoms with Crippen molar-refractivity contribution in [3.05, 3.63) is 106 Å². The highest BCUT2D eigenvalue weighted by molar-refractivity contribution is 6.03. The molecule has 1 saturated carbocycles. The lowest BCUT2D eigenvalue weighted by molar-refractivity contribution is -0.384. The SMILES string of the molecule is C=CCO[C@@]12Oc3ccc(Oc4cccc([N+](=O)[O-])c4)cc3[C@H]3[C@H](CCCCO)[C@@H](CCCCO)C=C(C(=NOCC)C[C@@H]1N(Cc1ccc4c(c1)OCO4)C(=O)OCC)[C@H]32. The van der Waals surface area contributed by atoms with Gasteiger partial charge in [0.2, 0.25) is 12.6 Å². The molecule has 4 aliphatic rings. The van der Waals surface area contributed by atoms with Crippen molar-refractivity contribution in [2.45, 2.75) is 83.1 Å². The van der Waals surface area contributed by atoms with Crippen LogP contribution in [0.4, 0.5) is 10.5 Å². The van der Waals surface area contributed by atoms with Crippen molar-refractivity contribution in [1.82, 2.24) is 4.90 Å². The van der Waals surface area contributed by atoms with Gasteiger partial charge in [-0.15, -0.1) is 6.58 Å². The number of amides is 1. The molecule has 3 aromatic rings. The van der Waals surface area contributed by atoms with Crippen LogP contribution < -0.4 is 18.9 Å². The van der Waals surface area contributed by atoms with Gasteiger partial charge >= 0.3 is 6.09 Å².